The van der Waals surface area contributed by atoms with Gasteiger partial charge in [-0.05, 0) is 71.5 Å². The second-order valence-electron chi connectivity index (χ2n) is 10.9. The van der Waals surface area contributed by atoms with E-state index in [-0.39, 0.29) is 39.5 Å². The van der Waals surface area contributed by atoms with Gasteiger partial charge in [0.15, 0.2) is 5.69 Å². The van der Waals surface area contributed by atoms with Crippen LogP contribution < -0.4 is 21.1 Å². The third-order valence-electron chi connectivity index (χ3n) is 7.85. The van der Waals surface area contributed by atoms with Crippen LogP contribution in [0.5, 0.6) is 5.75 Å². The minimum atomic E-state index is -1.41. The fourth-order valence-electron chi connectivity index (χ4n) is 5.43. The summed E-state index contributed by atoms with van der Waals surface area (Å²) in [5, 5.41) is 17.6. The van der Waals surface area contributed by atoms with Gasteiger partial charge >= 0.3 is 5.97 Å². The first kappa shape index (κ1) is 31.9. The topological polar surface area (TPSA) is 144 Å². The number of halogens is 2. The zero-order valence-corrected chi connectivity index (χ0v) is 26.6. The molecule has 0 bridgehead atoms. The van der Waals surface area contributed by atoms with E-state index in [1.165, 1.54) is 35.6 Å². The van der Waals surface area contributed by atoms with Crippen molar-refractivity contribution in [3.63, 3.8) is 0 Å². The second kappa shape index (κ2) is 13.3. The number of nitrogens with two attached hydrogens (primary N) is 1. The van der Waals surface area contributed by atoms with E-state index in [9.17, 15) is 23.9 Å². The molecule has 0 spiro atoms. The summed E-state index contributed by atoms with van der Waals surface area (Å²) >= 11 is 7.37. The molecule has 2 aromatic heterocycles. The van der Waals surface area contributed by atoms with E-state index < -0.39 is 29.3 Å². The Balaban J connectivity index is 1.42. The van der Waals surface area contributed by atoms with E-state index in [4.69, 9.17) is 22.1 Å². The van der Waals surface area contributed by atoms with E-state index in [2.05, 4.69) is 15.6 Å². The highest BCUT2D eigenvalue weighted by Crippen LogP contribution is 2.43. The quantitative estimate of drug-likeness (QED) is 0.141. The lowest BCUT2D eigenvalue weighted by molar-refractivity contribution is 0.0691. The number of nitrogens with zero attached hydrogens (tertiary/aromatic N) is 1. The molecule has 1 aliphatic rings. The van der Waals surface area contributed by atoms with Crippen LogP contribution >= 0.6 is 22.9 Å². The molecule has 0 aliphatic carbocycles. The highest BCUT2D eigenvalue weighted by molar-refractivity contribution is 7.13. The van der Waals surface area contributed by atoms with E-state index in [1.807, 2.05) is 30.5 Å². The van der Waals surface area contributed by atoms with Crippen LogP contribution in [0, 0.1) is 12.7 Å². The number of aromatic carboxylic acids is 1. The van der Waals surface area contributed by atoms with Crippen molar-refractivity contribution in [2.75, 3.05) is 11.9 Å². The molecule has 3 heterocycles. The van der Waals surface area contributed by atoms with Gasteiger partial charge in [-0.2, -0.15) is 0 Å². The third-order valence-corrected chi connectivity index (χ3v) is 9.13. The summed E-state index contributed by atoms with van der Waals surface area (Å²) in [4.78, 5) is 44.7. The number of hydrogen-bond acceptors (Lipinski definition) is 7. The number of aromatic nitrogens is 1. The predicted molar refractivity (Wildman–Crippen MR) is 179 cm³/mol. The van der Waals surface area contributed by atoms with Crippen LogP contribution in [0.1, 0.15) is 53.6 Å². The molecular formula is C35H28ClFN4O5S. The van der Waals surface area contributed by atoms with Crippen molar-refractivity contribution >= 4 is 46.4 Å². The Hall–Kier alpha value is -5.10. The molecule has 238 valence electrons. The van der Waals surface area contributed by atoms with Crippen LogP contribution in [-0.4, -0.2) is 34.5 Å². The fourth-order valence-corrected chi connectivity index (χ4v) is 6.60. The Labute approximate surface area is 278 Å². The molecule has 47 heavy (non-hydrogen) atoms. The number of carbonyl (C=O) groups is 3. The van der Waals surface area contributed by atoms with Crippen LogP contribution in [0.15, 0.2) is 72.1 Å². The normalized spacial score (nSPS) is 11.9. The molecule has 5 N–H and O–H groups in total. The zero-order valence-electron chi connectivity index (χ0n) is 25.0. The molecule has 0 unspecified atom stereocenters. The van der Waals surface area contributed by atoms with E-state index >= 15 is 0 Å². The SMILES string of the molecule is Cc1cc(CN)ccc1NC(=O)c1cc2c(cc1-c1ccc(C(=O)NCc3cccc(Cl)c3F)nc1C(=O)O)OCCc1ccsc1-2. The Bertz CT molecular complexity index is 2060. The number of nitrogens with one attached hydrogen (secondary N) is 2. The molecule has 12 heteroatoms. The van der Waals surface area contributed by atoms with Gasteiger partial charge in [0.05, 0.1) is 11.6 Å². The maximum absolute atomic E-state index is 14.3. The van der Waals surface area contributed by atoms with Crippen LogP contribution in [0.25, 0.3) is 21.6 Å². The van der Waals surface area contributed by atoms with Gasteiger partial charge < -0.3 is 26.2 Å². The van der Waals surface area contributed by atoms with E-state index in [0.717, 1.165) is 21.6 Å². The molecule has 9 nitrogen and oxygen atoms in total. The van der Waals surface area contributed by atoms with Gasteiger partial charge in [0, 0.05) is 57.9 Å². The first-order valence-electron chi connectivity index (χ1n) is 14.6. The molecule has 5 aromatic rings. The summed E-state index contributed by atoms with van der Waals surface area (Å²) in [5.41, 5.74) is 9.92. The number of rotatable bonds is 8. The highest BCUT2D eigenvalue weighted by Gasteiger charge is 2.27. The number of aryl methyl sites for hydroxylation is 1. The molecule has 3 aromatic carbocycles. The van der Waals surface area contributed by atoms with Crippen LogP contribution in [0.4, 0.5) is 10.1 Å². The van der Waals surface area contributed by atoms with Gasteiger partial charge in [-0.15, -0.1) is 11.3 Å². The third kappa shape index (κ3) is 6.46. The Morgan fingerprint density at radius 2 is 1.87 bits per heavy atom. The minimum absolute atomic E-state index is 0.0880. The first-order valence-corrected chi connectivity index (χ1v) is 15.8. The molecule has 0 radical (unpaired) electrons. The van der Waals surface area contributed by atoms with Gasteiger partial charge in [0.1, 0.15) is 17.3 Å². The number of fused-ring (bicyclic) bond motifs is 3. The molecular weight excluding hydrogens is 643 g/mol. The lowest BCUT2D eigenvalue weighted by Gasteiger charge is -2.18. The summed E-state index contributed by atoms with van der Waals surface area (Å²) in [7, 11) is 0. The summed E-state index contributed by atoms with van der Waals surface area (Å²) in [6.07, 6.45) is 0.669. The number of ether oxygens (including phenoxy) is 1. The number of hydrogen-bond donors (Lipinski definition) is 4. The minimum Gasteiger partial charge on any atom is -0.493 e. The van der Waals surface area contributed by atoms with Crippen LogP contribution in [0.3, 0.4) is 0 Å². The lowest BCUT2D eigenvalue weighted by Crippen LogP contribution is -2.25. The average Bonchev–Trinajstić information content (AvgIpc) is 3.46. The number of amides is 2. The molecule has 2 amide bonds. The average molecular weight is 671 g/mol. The van der Waals surface area contributed by atoms with Crippen molar-refractivity contribution in [2.24, 2.45) is 5.73 Å². The molecule has 6 rings (SSSR count). The van der Waals surface area contributed by atoms with E-state index in [1.54, 1.807) is 24.3 Å². The Kier molecular flexibility index (Phi) is 9.04. The van der Waals surface area contributed by atoms with Gasteiger partial charge in [-0.1, -0.05) is 35.9 Å². The molecule has 0 saturated carbocycles. The standard InChI is InChI=1S/C35H28ClFN4O5S/c1-18-13-19(16-38)5-7-27(18)41-33(42)24-14-25-29(46-11-9-20-10-12-47-32(20)25)15-23(24)22-6-8-28(40-31(22)35(44)45)34(43)39-17-21-3-2-4-26(36)30(21)37/h2-8,10,12-15H,9,11,16-17,38H2,1H3,(H,39,43)(H,41,42)(H,44,45). The van der Waals surface area contributed by atoms with Crippen molar-refractivity contribution in [1.82, 2.24) is 10.3 Å². The van der Waals surface area contributed by atoms with E-state index in [0.29, 0.717) is 36.6 Å². The van der Waals surface area contributed by atoms with Crippen molar-refractivity contribution < 1.29 is 28.6 Å². The number of anilines is 1. The predicted octanol–water partition coefficient (Wildman–Crippen LogP) is 6.85. The summed E-state index contributed by atoms with van der Waals surface area (Å²) < 4.78 is 20.4. The van der Waals surface area contributed by atoms with Crippen molar-refractivity contribution in [2.45, 2.75) is 26.4 Å². The van der Waals surface area contributed by atoms with Crippen molar-refractivity contribution in [3.8, 4) is 27.3 Å². The Morgan fingerprint density at radius 3 is 2.64 bits per heavy atom. The maximum Gasteiger partial charge on any atom is 0.355 e. The highest BCUT2D eigenvalue weighted by atomic mass is 35.5. The van der Waals surface area contributed by atoms with Gasteiger partial charge in [0.2, 0.25) is 0 Å². The Morgan fingerprint density at radius 1 is 1.04 bits per heavy atom. The molecule has 1 aliphatic heterocycles. The first-order chi connectivity index (χ1) is 22.6. The van der Waals surface area contributed by atoms with Crippen LogP contribution in [0.2, 0.25) is 5.02 Å². The van der Waals surface area contributed by atoms with Gasteiger partial charge in [-0.25, -0.2) is 14.2 Å². The molecule has 0 saturated heterocycles. The summed E-state index contributed by atoms with van der Waals surface area (Å²) in [5.74, 6) is -2.78. The van der Waals surface area contributed by atoms with Crippen molar-refractivity contribution in [3.05, 3.63) is 122 Å². The summed E-state index contributed by atoms with van der Waals surface area (Å²) in [6, 6.07) is 18.0. The number of carboxylic acids is 1. The fraction of sp³-hybridized carbons (Fsp3) is 0.143. The maximum atomic E-state index is 14.3. The van der Waals surface area contributed by atoms with Crippen molar-refractivity contribution in [1.29, 1.82) is 0 Å². The number of carboxylic acid groups (broad SMARTS) is 1. The van der Waals surface area contributed by atoms with Gasteiger partial charge in [-0.3, -0.25) is 9.59 Å². The summed E-state index contributed by atoms with van der Waals surface area (Å²) in [6.45, 7) is 2.41. The molecule has 0 atom stereocenters. The van der Waals surface area contributed by atoms with Crippen LogP contribution in [-0.2, 0) is 19.5 Å². The number of benzene rings is 3. The zero-order chi connectivity index (χ0) is 33.2. The number of thiophene rings is 1. The monoisotopic (exact) mass is 670 g/mol. The van der Waals surface area contributed by atoms with Gasteiger partial charge in [0.25, 0.3) is 11.8 Å². The second-order valence-corrected chi connectivity index (χ2v) is 12.2. The smallest absolute Gasteiger partial charge is 0.355 e. The molecule has 0 fully saturated rings. The number of carbonyl (C=O) groups excluding carboxylic acids is 2. The lowest BCUT2D eigenvalue weighted by atomic mass is 9.93. The number of pyridine rings is 1. The largest absolute Gasteiger partial charge is 0.493 e.